The Balaban J connectivity index is 1.77. The van der Waals surface area contributed by atoms with E-state index < -0.39 is 12.8 Å². The van der Waals surface area contributed by atoms with Gasteiger partial charge in [0.25, 0.3) is 5.91 Å². The summed E-state index contributed by atoms with van der Waals surface area (Å²) in [7, 11) is 1.52. The van der Waals surface area contributed by atoms with Crippen LogP contribution in [0.15, 0.2) is 24.3 Å². The molecule has 0 N–H and O–H groups in total. The standard InChI is InChI=1S/C17H21F3N2O4/c1-25-14-4-2-3-13(11-14)16(24)22-8-6-21(7-9-22)15(23)5-10-26-12-17(18,19)20/h2-4,11H,5-10,12H2,1H3. The largest absolute Gasteiger partial charge is 0.497 e. The van der Waals surface area contributed by atoms with Gasteiger partial charge in [-0.25, -0.2) is 0 Å². The van der Waals surface area contributed by atoms with Crippen LogP contribution in [0, 0.1) is 0 Å². The van der Waals surface area contributed by atoms with Crippen molar-refractivity contribution in [2.24, 2.45) is 0 Å². The molecular weight excluding hydrogens is 353 g/mol. The highest BCUT2D eigenvalue weighted by Gasteiger charge is 2.28. The Labute approximate surface area is 149 Å². The number of alkyl halides is 3. The van der Waals surface area contributed by atoms with Gasteiger partial charge in [0.05, 0.1) is 20.1 Å². The average molecular weight is 374 g/mol. The van der Waals surface area contributed by atoms with Gasteiger partial charge in [0, 0.05) is 31.7 Å². The summed E-state index contributed by atoms with van der Waals surface area (Å²) in [5.74, 6) is 0.161. The third kappa shape index (κ3) is 5.91. The van der Waals surface area contributed by atoms with Crippen molar-refractivity contribution < 1.29 is 32.2 Å². The van der Waals surface area contributed by atoms with E-state index in [1.165, 1.54) is 12.0 Å². The number of amides is 2. The van der Waals surface area contributed by atoms with Crippen molar-refractivity contribution in [1.29, 1.82) is 0 Å². The van der Waals surface area contributed by atoms with Crippen molar-refractivity contribution in [3.63, 3.8) is 0 Å². The van der Waals surface area contributed by atoms with E-state index in [4.69, 9.17) is 4.74 Å². The van der Waals surface area contributed by atoms with Crippen LogP contribution in [0.1, 0.15) is 16.8 Å². The van der Waals surface area contributed by atoms with Gasteiger partial charge in [0.1, 0.15) is 12.4 Å². The number of carbonyl (C=O) groups excluding carboxylic acids is 2. The summed E-state index contributed by atoms with van der Waals surface area (Å²) in [5.41, 5.74) is 0.504. The molecule has 0 spiro atoms. The molecular formula is C17H21F3N2O4. The summed E-state index contributed by atoms with van der Waals surface area (Å²) < 4.78 is 45.5. The van der Waals surface area contributed by atoms with Crippen molar-refractivity contribution in [2.45, 2.75) is 12.6 Å². The molecule has 2 rings (SSSR count). The zero-order valence-electron chi connectivity index (χ0n) is 14.4. The molecule has 0 saturated carbocycles. The Morgan fingerprint density at radius 1 is 1.12 bits per heavy atom. The molecule has 1 heterocycles. The van der Waals surface area contributed by atoms with E-state index in [1.54, 1.807) is 29.2 Å². The molecule has 1 aliphatic heterocycles. The number of rotatable bonds is 6. The van der Waals surface area contributed by atoms with Crippen LogP contribution in [0.25, 0.3) is 0 Å². The molecule has 1 aromatic rings. The van der Waals surface area contributed by atoms with Gasteiger partial charge in [-0.2, -0.15) is 13.2 Å². The Morgan fingerprint density at radius 2 is 1.77 bits per heavy atom. The van der Waals surface area contributed by atoms with Crippen molar-refractivity contribution in [2.75, 3.05) is 46.5 Å². The van der Waals surface area contributed by atoms with Gasteiger partial charge in [0.2, 0.25) is 5.91 Å². The predicted molar refractivity (Wildman–Crippen MR) is 87.0 cm³/mol. The van der Waals surface area contributed by atoms with E-state index in [1.807, 2.05) is 0 Å². The van der Waals surface area contributed by atoms with Crippen LogP contribution in [0.2, 0.25) is 0 Å². The maximum atomic E-state index is 12.5. The normalized spacial score (nSPS) is 15.1. The summed E-state index contributed by atoms with van der Waals surface area (Å²) in [6, 6.07) is 6.82. The SMILES string of the molecule is COc1cccc(C(=O)N2CCN(C(=O)CCOCC(F)(F)F)CC2)c1. The molecule has 0 unspecified atom stereocenters. The highest BCUT2D eigenvalue weighted by atomic mass is 19.4. The first kappa shape index (κ1) is 20.0. The topological polar surface area (TPSA) is 59.1 Å². The fourth-order valence-electron chi connectivity index (χ4n) is 2.60. The van der Waals surface area contributed by atoms with Gasteiger partial charge in [0.15, 0.2) is 0 Å². The Morgan fingerprint density at radius 3 is 2.38 bits per heavy atom. The molecule has 0 atom stereocenters. The number of benzene rings is 1. The fourth-order valence-corrected chi connectivity index (χ4v) is 2.60. The summed E-state index contributed by atoms with van der Waals surface area (Å²) in [6.45, 7) is -0.220. The number of halogens is 3. The molecule has 1 aromatic carbocycles. The van der Waals surface area contributed by atoms with Crippen molar-refractivity contribution in [3.8, 4) is 5.75 Å². The van der Waals surface area contributed by atoms with Gasteiger partial charge < -0.3 is 19.3 Å². The Kier molecular flexibility index (Phi) is 6.84. The molecule has 1 saturated heterocycles. The number of ether oxygens (including phenoxy) is 2. The zero-order valence-corrected chi connectivity index (χ0v) is 14.4. The number of hydrogen-bond donors (Lipinski definition) is 0. The molecule has 6 nitrogen and oxygen atoms in total. The molecule has 1 aliphatic rings. The van der Waals surface area contributed by atoms with Crippen LogP contribution in [0.5, 0.6) is 5.75 Å². The maximum Gasteiger partial charge on any atom is 0.411 e. The Bertz CT molecular complexity index is 629. The minimum Gasteiger partial charge on any atom is -0.497 e. The molecule has 0 radical (unpaired) electrons. The quantitative estimate of drug-likeness (QED) is 0.715. The highest BCUT2D eigenvalue weighted by Crippen LogP contribution is 2.16. The highest BCUT2D eigenvalue weighted by molar-refractivity contribution is 5.94. The minimum atomic E-state index is -4.39. The first-order valence-corrected chi connectivity index (χ1v) is 8.16. The van der Waals surface area contributed by atoms with Crippen LogP contribution in [-0.4, -0.2) is 74.3 Å². The third-order valence-corrected chi connectivity index (χ3v) is 3.96. The second-order valence-corrected chi connectivity index (χ2v) is 5.82. The molecule has 0 aliphatic carbocycles. The second-order valence-electron chi connectivity index (χ2n) is 5.82. The average Bonchev–Trinajstić information content (AvgIpc) is 2.64. The molecule has 0 bridgehead atoms. The van der Waals surface area contributed by atoms with Gasteiger partial charge >= 0.3 is 6.18 Å². The summed E-state index contributed by atoms with van der Waals surface area (Å²) in [4.78, 5) is 27.7. The van der Waals surface area contributed by atoms with Gasteiger partial charge in [-0.1, -0.05) is 6.07 Å². The van der Waals surface area contributed by atoms with E-state index in [2.05, 4.69) is 4.74 Å². The first-order chi connectivity index (χ1) is 12.3. The molecule has 2 amide bonds. The number of carbonyl (C=O) groups is 2. The van der Waals surface area contributed by atoms with E-state index in [9.17, 15) is 22.8 Å². The lowest BCUT2D eigenvalue weighted by Gasteiger charge is -2.35. The third-order valence-electron chi connectivity index (χ3n) is 3.96. The minimum absolute atomic E-state index is 0.111. The van der Waals surface area contributed by atoms with Crippen molar-refractivity contribution in [3.05, 3.63) is 29.8 Å². The maximum absolute atomic E-state index is 12.5. The predicted octanol–water partition coefficient (Wildman–Crippen LogP) is 1.95. The molecule has 26 heavy (non-hydrogen) atoms. The molecule has 1 fully saturated rings. The fraction of sp³-hybridized carbons (Fsp3) is 0.529. The zero-order chi connectivity index (χ0) is 19.2. The lowest BCUT2D eigenvalue weighted by molar-refractivity contribution is -0.175. The van der Waals surface area contributed by atoms with E-state index in [0.717, 1.165) is 0 Å². The van der Waals surface area contributed by atoms with E-state index in [0.29, 0.717) is 37.5 Å². The van der Waals surface area contributed by atoms with Crippen molar-refractivity contribution >= 4 is 11.8 Å². The monoisotopic (exact) mass is 374 g/mol. The number of piperazine rings is 1. The molecule has 144 valence electrons. The van der Waals surface area contributed by atoms with Gasteiger partial charge in [-0.3, -0.25) is 9.59 Å². The van der Waals surface area contributed by atoms with E-state index >= 15 is 0 Å². The second kappa shape index (κ2) is 8.88. The number of nitrogens with zero attached hydrogens (tertiary/aromatic N) is 2. The van der Waals surface area contributed by atoms with Crippen LogP contribution >= 0.6 is 0 Å². The summed E-state index contributed by atoms with van der Waals surface area (Å²) in [5, 5.41) is 0. The smallest absolute Gasteiger partial charge is 0.411 e. The lowest BCUT2D eigenvalue weighted by atomic mass is 10.1. The molecule has 0 aromatic heterocycles. The lowest BCUT2D eigenvalue weighted by Crippen LogP contribution is -2.50. The van der Waals surface area contributed by atoms with Gasteiger partial charge in [-0.15, -0.1) is 0 Å². The van der Waals surface area contributed by atoms with Crippen LogP contribution < -0.4 is 4.74 Å². The van der Waals surface area contributed by atoms with Gasteiger partial charge in [-0.05, 0) is 18.2 Å². The Hall–Kier alpha value is -2.29. The number of methoxy groups -OCH3 is 1. The van der Waals surface area contributed by atoms with Crippen molar-refractivity contribution in [1.82, 2.24) is 9.80 Å². The summed E-state index contributed by atoms with van der Waals surface area (Å²) in [6.07, 6.45) is -4.50. The van der Waals surface area contributed by atoms with E-state index in [-0.39, 0.29) is 24.8 Å². The van der Waals surface area contributed by atoms with Crippen LogP contribution in [0.4, 0.5) is 13.2 Å². The van der Waals surface area contributed by atoms with Crippen LogP contribution in [0.3, 0.4) is 0 Å². The number of hydrogen-bond acceptors (Lipinski definition) is 4. The first-order valence-electron chi connectivity index (χ1n) is 8.16. The summed E-state index contributed by atoms with van der Waals surface area (Å²) >= 11 is 0. The van der Waals surface area contributed by atoms with Crippen LogP contribution in [-0.2, 0) is 9.53 Å². The molecule has 9 heteroatoms.